The highest BCUT2D eigenvalue weighted by Crippen LogP contribution is 2.49. The summed E-state index contributed by atoms with van der Waals surface area (Å²) in [6.45, 7) is 0.463. The second-order valence-corrected chi connectivity index (χ2v) is 26.6. The SMILES string of the molecule is Cc1nc([C@H]2OC3CO[C@H](c4ccccc4)OC3[C@@H](n3cc(-c4cc(F)c(Cl)c(F)c4)nn3)[C@@H]2OCC(=O)NCCCNC(=O)CO[C@@H]2[C@@H](n3cc(-c4cc(F)c(Cl)c(F)c4)nn3)[C@H]3O[C@@H](c4ccccc4)OC[C@H]3O[C@H]2c2nc(C)nn2-c2cc(Cl)ccc2C(F)(F)F)n(-c2cc(Cl)ccc2C(F)(F)F)n1. The van der Waals surface area contributed by atoms with Gasteiger partial charge in [0.25, 0.3) is 0 Å². The number of hydrogen-bond acceptors (Lipinski definition) is 18. The van der Waals surface area contributed by atoms with Gasteiger partial charge in [0.15, 0.2) is 24.2 Å². The first kappa shape index (κ1) is 74.8. The fraction of sp³-hybridized carbons (Fsp3) is 0.333. The van der Waals surface area contributed by atoms with Crippen LogP contribution in [0.25, 0.3) is 33.9 Å². The normalized spacial score (nSPS) is 23.2. The Balaban J connectivity index is 0.734. The number of ether oxygens (including phenoxy) is 8. The molecule has 0 spiro atoms. The maximum atomic E-state index is 15.0. The van der Waals surface area contributed by atoms with E-state index in [9.17, 15) is 35.9 Å². The van der Waals surface area contributed by atoms with E-state index in [2.05, 4.69) is 51.4 Å². The summed E-state index contributed by atoms with van der Waals surface area (Å²) in [5.41, 5.74) is -2.71. The largest absolute Gasteiger partial charge is 0.418 e. The molecule has 2 amide bonds. The maximum Gasteiger partial charge on any atom is 0.418 e. The number of nitrogens with zero attached hydrogens (tertiary/aromatic N) is 12. The van der Waals surface area contributed by atoms with Crippen LogP contribution >= 0.6 is 46.4 Å². The number of aromatic nitrogens is 12. The van der Waals surface area contributed by atoms with Crippen molar-refractivity contribution in [1.82, 2.24) is 70.2 Å². The lowest BCUT2D eigenvalue weighted by Crippen LogP contribution is -2.58. The van der Waals surface area contributed by atoms with E-state index in [-0.39, 0.29) is 88.6 Å². The Labute approximate surface area is 618 Å². The fourth-order valence-electron chi connectivity index (χ4n) is 13.1. The molecule has 0 saturated carbocycles. The summed E-state index contributed by atoms with van der Waals surface area (Å²) in [5.74, 6) is -6.65. The van der Waals surface area contributed by atoms with Gasteiger partial charge < -0.3 is 48.5 Å². The Morgan fingerprint density at radius 3 is 1.29 bits per heavy atom. The second kappa shape index (κ2) is 30.9. The first-order valence-electron chi connectivity index (χ1n) is 32.7. The van der Waals surface area contributed by atoms with E-state index in [4.69, 9.17) is 84.3 Å². The molecule has 4 saturated heterocycles. The zero-order valence-corrected chi connectivity index (χ0v) is 58.3. The third-order valence-electron chi connectivity index (χ3n) is 17.8. The van der Waals surface area contributed by atoms with Crippen molar-refractivity contribution >= 4 is 58.2 Å². The molecule has 24 nitrogen and oxygen atoms in total. The van der Waals surface area contributed by atoms with E-state index >= 15 is 17.6 Å². The summed E-state index contributed by atoms with van der Waals surface area (Å²) in [7, 11) is 0. The number of hydrogen-bond donors (Lipinski definition) is 2. The molecule has 0 bridgehead atoms. The molecule has 10 aromatic rings. The molecule has 6 aromatic carbocycles. The van der Waals surface area contributed by atoms with Crippen LogP contribution in [0.3, 0.4) is 0 Å². The number of halogens is 14. The molecule has 4 aliphatic heterocycles. The van der Waals surface area contributed by atoms with Gasteiger partial charge in [-0.05, 0) is 80.9 Å². The van der Waals surface area contributed by atoms with Gasteiger partial charge in [0, 0.05) is 45.4 Å². The van der Waals surface area contributed by atoms with E-state index < -0.39 is 167 Å². The monoisotopic (exact) mass is 1570 g/mol. The molecule has 2 unspecified atom stereocenters. The van der Waals surface area contributed by atoms with Gasteiger partial charge in [-0.2, -0.15) is 36.5 Å². The lowest BCUT2D eigenvalue weighted by atomic mass is 9.90. The molecule has 0 radical (unpaired) electrons. The van der Waals surface area contributed by atoms with Gasteiger partial charge in [-0.25, -0.2) is 46.3 Å². The zero-order valence-electron chi connectivity index (χ0n) is 55.3. The van der Waals surface area contributed by atoms with Crippen molar-refractivity contribution in [2.24, 2.45) is 0 Å². The lowest BCUT2D eigenvalue weighted by Gasteiger charge is -2.49. The molecular weight excluding hydrogens is 1520 g/mol. The lowest BCUT2D eigenvalue weighted by molar-refractivity contribution is -0.322. The number of amides is 2. The third kappa shape index (κ3) is 15.8. The molecule has 2 N–H and O–H groups in total. The van der Waals surface area contributed by atoms with E-state index in [0.29, 0.717) is 11.1 Å². The molecule has 14 rings (SSSR count). The number of nitrogens with one attached hydrogen (secondary N) is 2. The highest BCUT2D eigenvalue weighted by atomic mass is 35.5. The highest BCUT2D eigenvalue weighted by molar-refractivity contribution is 6.31. The summed E-state index contributed by atoms with van der Waals surface area (Å²) in [6, 6.07) is 24.2. The van der Waals surface area contributed by atoms with Gasteiger partial charge in [0.05, 0.1) is 48.1 Å². The van der Waals surface area contributed by atoms with Gasteiger partial charge in [0.1, 0.15) is 130 Å². The Kier molecular flexibility index (Phi) is 21.6. The van der Waals surface area contributed by atoms with Gasteiger partial charge in [-0.3, -0.25) is 9.59 Å². The molecular formula is C69H56Cl4F10N14O10. The standard InChI is InChI=1S/C69H56Cl4F10N14O10/c1-32-86-64(96(90-32)48-24-38(70)14-16-40(48)68(78,79)80)62-60(56(58-50(104-62)28-102-66(106-58)34-10-5-3-6-11-34)94-26-46(88-92-94)36-20-42(74)54(72)43(75)21-36)100-30-52(98)84-18-9-19-85-53(99)31-101-61-57(95-27-47(89-93-95)37-22-44(76)55(73)45(77)23-37)59-51(29-103-67(107-59)35-12-7-4-8-13-35)105-63(61)65-87-33(2)91-97(65)49-25-39(71)15-17-41(49)69(81,82)83/h3-8,10-17,20-27,50-51,56-63,66-67H,9,18-19,28-31H2,1-2H3,(H,84,98)(H,85,99)/t50-,51?,56+,57-,58+,59?,60-,61+,62-,63+,66+,67+/m1/s1. The molecule has 4 aliphatic rings. The Bertz CT molecular complexity index is 4580. The van der Waals surface area contributed by atoms with E-state index in [1.54, 1.807) is 60.7 Å². The second-order valence-electron chi connectivity index (χ2n) is 25.0. The van der Waals surface area contributed by atoms with Crippen LogP contribution in [0.2, 0.25) is 20.1 Å². The molecule has 107 heavy (non-hydrogen) atoms. The predicted octanol–water partition coefficient (Wildman–Crippen LogP) is 12.9. The van der Waals surface area contributed by atoms with Crippen molar-refractivity contribution in [3.63, 3.8) is 0 Å². The Morgan fingerprint density at radius 1 is 0.533 bits per heavy atom. The number of benzene rings is 6. The van der Waals surface area contributed by atoms with Crippen LogP contribution in [0, 0.1) is 37.1 Å². The molecule has 4 aromatic heterocycles. The Morgan fingerprint density at radius 2 is 0.916 bits per heavy atom. The summed E-state index contributed by atoms with van der Waals surface area (Å²) in [6.07, 6.45) is -20.3. The van der Waals surface area contributed by atoms with Crippen molar-refractivity contribution in [1.29, 1.82) is 0 Å². The third-order valence-corrected chi connectivity index (χ3v) is 19.0. The van der Waals surface area contributed by atoms with Crippen LogP contribution < -0.4 is 10.6 Å². The summed E-state index contributed by atoms with van der Waals surface area (Å²) in [4.78, 5) is 37.5. The molecule has 12 atom stereocenters. The van der Waals surface area contributed by atoms with E-state index in [1.165, 1.54) is 35.6 Å². The van der Waals surface area contributed by atoms with Crippen LogP contribution in [0.5, 0.6) is 0 Å². The van der Waals surface area contributed by atoms with Crippen LogP contribution in [-0.2, 0) is 59.8 Å². The minimum atomic E-state index is -4.96. The molecule has 8 heterocycles. The van der Waals surface area contributed by atoms with Crippen molar-refractivity contribution in [3.05, 3.63) is 223 Å². The quantitative estimate of drug-likeness (QED) is 0.0408. The molecule has 0 aliphatic carbocycles. The van der Waals surface area contributed by atoms with Crippen LogP contribution in [-0.4, -0.2) is 147 Å². The summed E-state index contributed by atoms with van der Waals surface area (Å²) in [5, 5.41) is 29.5. The first-order chi connectivity index (χ1) is 51.2. The van der Waals surface area contributed by atoms with Crippen LogP contribution in [0.15, 0.2) is 134 Å². The maximum absolute atomic E-state index is 15.0. The summed E-state index contributed by atoms with van der Waals surface area (Å²) >= 11 is 24.4. The number of aryl methyl sites for hydroxylation is 2. The van der Waals surface area contributed by atoms with Crippen LogP contribution in [0.1, 0.15) is 88.8 Å². The first-order valence-corrected chi connectivity index (χ1v) is 34.2. The molecule has 560 valence electrons. The van der Waals surface area contributed by atoms with Gasteiger partial charge in [-0.1, -0.05) is 117 Å². The fourth-order valence-corrected chi connectivity index (χ4v) is 13.6. The molecule has 38 heteroatoms. The van der Waals surface area contributed by atoms with Gasteiger partial charge in [-0.15, -0.1) is 10.2 Å². The van der Waals surface area contributed by atoms with E-state index in [1.807, 2.05) is 0 Å². The summed E-state index contributed by atoms with van der Waals surface area (Å²) < 4.78 is 206. The minimum Gasteiger partial charge on any atom is -0.363 e. The average Bonchev–Trinajstić information content (AvgIpc) is 1.71. The molecule has 4 fully saturated rings. The highest BCUT2D eigenvalue weighted by Gasteiger charge is 2.56. The number of carbonyl (C=O) groups is 2. The average molecular weight is 1570 g/mol. The number of carbonyl (C=O) groups excluding carboxylic acids is 2. The smallest absolute Gasteiger partial charge is 0.363 e. The minimum absolute atomic E-state index is 0.0261. The zero-order chi connectivity index (χ0) is 75.3. The van der Waals surface area contributed by atoms with Gasteiger partial charge in [0.2, 0.25) is 11.8 Å². The topological polar surface area (TPSA) is 255 Å². The predicted molar refractivity (Wildman–Crippen MR) is 356 cm³/mol. The number of fused-ring (bicyclic) bond motifs is 2. The van der Waals surface area contributed by atoms with Crippen LogP contribution in [0.4, 0.5) is 43.9 Å². The van der Waals surface area contributed by atoms with E-state index in [0.717, 1.165) is 70.0 Å². The van der Waals surface area contributed by atoms with Crippen molar-refractivity contribution in [2.45, 2.75) is 106 Å². The van der Waals surface area contributed by atoms with Crippen molar-refractivity contribution < 1.29 is 91.4 Å². The number of alkyl halides is 6. The van der Waals surface area contributed by atoms with Gasteiger partial charge >= 0.3 is 12.4 Å². The Hall–Kier alpha value is -9.04. The van der Waals surface area contributed by atoms with Crippen molar-refractivity contribution in [2.75, 3.05) is 39.5 Å². The number of rotatable bonds is 20. The van der Waals surface area contributed by atoms with Crippen molar-refractivity contribution in [3.8, 4) is 33.9 Å².